The van der Waals surface area contributed by atoms with Crippen molar-refractivity contribution in [2.75, 3.05) is 46.9 Å². The second-order valence-corrected chi connectivity index (χ2v) is 11.6. The molecule has 5 rings (SSSR count). The summed E-state index contributed by atoms with van der Waals surface area (Å²) in [6.45, 7) is 11.5. The minimum absolute atomic E-state index is 0.284. The highest BCUT2D eigenvalue weighted by Crippen LogP contribution is 2.34. The second kappa shape index (κ2) is 10.2. The molecule has 0 aliphatic carbocycles. The van der Waals surface area contributed by atoms with Gasteiger partial charge in [0.2, 0.25) is 0 Å². The Morgan fingerprint density at radius 3 is 2.51 bits per heavy atom. The van der Waals surface area contributed by atoms with Crippen molar-refractivity contribution in [3.05, 3.63) is 35.9 Å². The number of carbonyl (C=O) groups excluding carboxylic acids is 1. The molecule has 1 amide bonds. The lowest BCUT2D eigenvalue weighted by molar-refractivity contribution is -0.135. The molecule has 11 nitrogen and oxygen atoms in total. The van der Waals surface area contributed by atoms with Crippen molar-refractivity contribution >= 4 is 11.6 Å². The van der Waals surface area contributed by atoms with Crippen molar-refractivity contribution in [2.45, 2.75) is 57.8 Å². The number of pyridine rings is 1. The summed E-state index contributed by atoms with van der Waals surface area (Å²) in [4.78, 5) is 16.5. The van der Waals surface area contributed by atoms with Gasteiger partial charge in [0.25, 0.3) is 0 Å². The molecule has 11 heteroatoms. The predicted octanol–water partition coefficient (Wildman–Crippen LogP) is 3.66. The molecule has 5 heterocycles. The summed E-state index contributed by atoms with van der Waals surface area (Å²) in [5.74, 6) is 0.607. The van der Waals surface area contributed by atoms with Crippen molar-refractivity contribution in [2.24, 2.45) is 0 Å². The largest absolute Gasteiger partial charge is 0.494 e. The van der Waals surface area contributed by atoms with E-state index in [0.717, 1.165) is 49.3 Å². The molecule has 0 aromatic carbocycles. The maximum atomic E-state index is 12.4. The standard InChI is InChI=1S/C28H37N7O4/c1-19-23(20-11-24(37-5)25-21(12-29)13-30-34(25)15-20)14-31-35(19)22-7-9-32(10-8-22)16-28(38-6)17-33(18-28)26(36)39-27(2,3)4/h11,13-15,22H,7-10,16-18H2,1-6H3. The van der Waals surface area contributed by atoms with E-state index in [1.165, 1.54) is 0 Å². The average Bonchev–Trinajstić information content (AvgIpc) is 3.47. The number of likely N-dealkylation sites (tertiary alicyclic amines) is 2. The number of nitrogens with zero attached hydrogens (tertiary/aromatic N) is 7. The van der Waals surface area contributed by atoms with Gasteiger partial charge in [0.05, 0.1) is 38.6 Å². The fraction of sp³-hybridized carbons (Fsp3) is 0.571. The van der Waals surface area contributed by atoms with E-state index in [0.29, 0.717) is 36.0 Å². The summed E-state index contributed by atoms with van der Waals surface area (Å²) >= 11 is 0. The van der Waals surface area contributed by atoms with E-state index < -0.39 is 5.60 Å². The van der Waals surface area contributed by atoms with E-state index in [2.05, 4.69) is 27.7 Å². The number of nitriles is 1. The molecule has 2 aliphatic heterocycles. The molecule has 0 bridgehead atoms. The van der Waals surface area contributed by atoms with Crippen LogP contribution in [0.2, 0.25) is 0 Å². The smallest absolute Gasteiger partial charge is 0.410 e. The lowest BCUT2D eigenvalue weighted by atomic mass is 9.92. The summed E-state index contributed by atoms with van der Waals surface area (Å²) in [6, 6.07) is 4.41. The Morgan fingerprint density at radius 1 is 1.18 bits per heavy atom. The van der Waals surface area contributed by atoms with Gasteiger partial charge in [-0.1, -0.05) is 0 Å². The molecule has 2 saturated heterocycles. The van der Waals surface area contributed by atoms with Gasteiger partial charge in [0.1, 0.15) is 34.1 Å². The third-order valence-electron chi connectivity index (χ3n) is 7.73. The Labute approximate surface area is 228 Å². The van der Waals surface area contributed by atoms with Crippen molar-refractivity contribution < 1.29 is 19.0 Å². The first kappa shape index (κ1) is 27.0. The summed E-state index contributed by atoms with van der Waals surface area (Å²) < 4.78 is 20.8. The fourth-order valence-corrected chi connectivity index (χ4v) is 5.67. The summed E-state index contributed by atoms with van der Waals surface area (Å²) in [6.07, 6.45) is 7.04. The molecule has 0 spiro atoms. The summed E-state index contributed by atoms with van der Waals surface area (Å²) in [7, 11) is 3.33. The van der Waals surface area contributed by atoms with Crippen molar-refractivity contribution in [1.82, 2.24) is 29.2 Å². The predicted molar refractivity (Wildman–Crippen MR) is 145 cm³/mol. The molecule has 0 radical (unpaired) electrons. The van der Waals surface area contributed by atoms with Gasteiger partial charge in [-0.15, -0.1) is 0 Å². The number of hydrogen-bond acceptors (Lipinski definition) is 8. The van der Waals surface area contributed by atoms with Crippen LogP contribution in [0, 0.1) is 18.3 Å². The van der Waals surface area contributed by atoms with E-state index in [9.17, 15) is 10.1 Å². The van der Waals surface area contributed by atoms with Gasteiger partial charge < -0.3 is 24.0 Å². The molecular weight excluding hydrogens is 498 g/mol. The normalized spacial score (nSPS) is 18.1. The zero-order valence-electron chi connectivity index (χ0n) is 23.6. The number of aromatic nitrogens is 4. The third kappa shape index (κ3) is 5.18. The number of carbonyl (C=O) groups is 1. The van der Waals surface area contributed by atoms with E-state index in [4.69, 9.17) is 19.3 Å². The van der Waals surface area contributed by atoms with Gasteiger partial charge in [0, 0.05) is 49.8 Å². The third-order valence-corrected chi connectivity index (χ3v) is 7.73. The van der Waals surface area contributed by atoms with Crippen LogP contribution in [-0.4, -0.2) is 93.4 Å². The summed E-state index contributed by atoms with van der Waals surface area (Å²) in [5, 5.41) is 18.5. The zero-order valence-corrected chi connectivity index (χ0v) is 23.6. The van der Waals surface area contributed by atoms with E-state index in [1.54, 1.807) is 29.8 Å². The van der Waals surface area contributed by atoms with Crippen molar-refractivity contribution in [1.29, 1.82) is 5.26 Å². The van der Waals surface area contributed by atoms with Gasteiger partial charge in [-0.3, -0.25) is 4.68 Å². The van der Waals surface area contributed by atoms with Crippen molar-refractivity contribution in [3.8, 4) is 22.9 Å². The number of piperidine rings is 1. The molecule has 39 heavy (non-hydrogen) atoms. The number of fused-ring (bicyclic) bond motifs is 1. The minimum atomic E-state index is -0.506. The lowest BCUT2D eigenvalue weighted by Gasteiger charge is -2.51. The van der Waals surface area contributed by atoms with Gasteiger partial charge in [0.15, 0.2) is 0 Å². The first-order valence-corrected chi connectivity index (χ1v) is 13.3. The van der Waals surface area contributed by atoms with Crippen LogP contribution in [-0.2, 0) is 9.47 Å². The number of amides is 1. The Balaban J connectivity index is 1.23. The molecule has 0 N–H and O–H groups in total. The first-order valence-electron chi connectivity index (χ1n) is 13.3. The number of methoxy groups -OCH3 is 2. The Hall–Kier alpha value is -3.62. The van der Waals surface area contributed by atoms with Gasteiger partial charge in [-0.2, -0.15) is 15.5 Å². The molecule has 0 saturated carbocycles. The highest BCUT2D eigenvalue weighted by Gasteiger charge is 2.48. The van der Waals surface area contributed by atoms with Crippen molar-refractivity contribution in [3.63, 3.8) is 0 Å². The molecule has 3 aromatic heterocycles. The van der Waals surface area contributed by atoms with E-state index in [1.807, 2.05) is 39.2 Å². The highest BCUT2D eigenvalue weighted by molar-refractivity contribution is 5.76. The van der Waals surface area contributed by atoms with Gasteiger partial charge in [-0.05, 0) is 46.6 Å². The van der Waals surface area contributed by atoms with Crippen LogP contribution in [0.4, 0.5) is 4.79 Å². The Kier molecular flexibility index (Phi) is 7.03. The second-order valence-electron chi connectivity index (χ2n) is 11.6. The fourth-order valence-electron chi connectivity index (χ4n) is 5.67. The van der Waals surface area contributed by atoms with E-state index >= 15 is 0 Å². The molecule has 0 unspecified atom stereocenters. The minimum Gasteiger partial charge on any atom is -0.494 e. The molecule has 2 fully saturated rings. The van der Waals surface area contributed by atoms with Gasteiger partial charge >= 0.3 is 6.09 Å². The maximum absolute atomic E-state index is 12.4. The first-order chi connectivity index (χ1) is 18.6. The van der Waals surface area contributed by atoms with Crippen LogP contribution in [0.25, 0.3) is 16.6 Å². The Bertz CT molecular complexity index is 1400. The average molecular weight is 536 g/mol. The van der Waals surface area contributed by atoms with Crippen LogP contribution in [0.15, 0.2) is 24.7 Å². The number of ether oxygens (including phenoxy) is 3. The Morgan fingerprint density at radius 2 is 1.90 bits per heavy atom. The SMILES string of the molecule is COc1cc(-c2cnn(C3CCN(CC4(OC)CN(C(=O)OC(C)(C)C)C4)CC3)c2C)cn2ncc(C#N)c12. The van der Waals surface area contributed by atoms with Crippen LogP contribution in [0.1, 0.15) is 50.9 Å². The lowest BCUT2D eigenvalue weighted by Crippen LogP contribution is -2.69. The molecular formula is C28H37N7O4. The van der Waals surface area contributed by atoms with Crippen LogP contribution in [0.3, 0.4) is 0 Å². The summed E-state index contributed by atoms with van der Waals surface area (Å²) in [5.41, 5.74) is 3.32. The highest BCUT2D eigenvalue weighted by atomic mass is 16.6. The van der Waals surface area contributed by atoms with E-state index in [-0.39, 0.29) is 11.7 Å². The quantitative estimate of drug-likeness (QED) is 0.470. The molecule has 3 aromatic rings. The number of hydrogen-bond donors (Lipinski definition) is 0. The monoisotopic (exact) mass is 535 g/mol. The molecule has 208 valence electrons. The maximum Gasteiger partial charge on any atom is 0.410 e. The van der Waals surface area contributed by atoms with Crippen LogP contribution in [0.5, 0.6) is 5.75 Å². The van der Waals surface area contributed by atoms with Crippen LogP contribution < -0.4 is 4.74 Å². The topological polar surface area (TPSA) is 110 Å². The van der Waals surface area contributed by atoms with Crippen LogP contribution >= 0.6 is 0 Å². The molecule has 0 atom stereocenters. The molecule has 2 aliphatic rings. The van der Waals surface area contributed by atoms with Gasteiger partial charge in [-0.25, -0.2) is 9.31 Å². The zero-order chi connectivity index (χ0) is 27.9. The number of rotatable bonds is 6.